The van der Waals surface area contributed by atoms with E-state index in [9.17, 15) is 4.79 Å². The van der Waals surface area contributed by atoms with Gasteiger partial charge in [0.25, 0.3) is 0 Å². The van der Waals surface area contributed by atoms with E-state index in [1.165, 1.54) is 0 Å². The van der Waals surface area contributed by atoms with Crippen LogP contribution in [0.2, 0.25) is 0 Å². The number of ether oxygens (including phenoxy) is 1. The molecule has 0 fully saturated rings. The summed E-state index contributed by atoms with van der Waals surface area (Å²) in [5, 5.41) is 0. The standard InChI is InChI=1S/C11H20N2O2/c1-4-6-10(12)11(14)13(7-5-2)8-9-15-3/h4-5,10H,1-2,6-9,12H2,3H3. The first-order valence-corrected chi connectivity index (χ1v) is 4.92. The van der Waals surface area contributed by atoms with Gasteiger partial charge in [-0.3, -0.25) is 4.79 Å². The van der Waals surface area contributed by atoms with Crippen LogP contribution in [0.5, 0.6) is 0 Å². The molecule has 0 aliphatic heterocycles. The van der Waals surface area contributed by atoms with E-state index in [1.807, 2.05) is 0 Å². The van der Waals surface area contributed by atoms with E-state index >= 15 is 0 Å². The Balaban J connectivity index is 4.25. The molecule has 0 aliphatic rings. The predicted octanol–water partition coefficient (Wildman–Crippen LogP) is 0.551. The van der Waals surface area contributed by atoms with Gasteiger partial charge in [-0.2, -0.15) is 0 Å². The second-order valence-electron chi connectivity index (χ2n) is 3.20. The molecule has 2 N–H and O–H groups in total. The van der Waals surface area contributed by atoms with E-state index in [1.54, 1.807) is 24.2 Å². The molecule has 1 amide bonds. The highest BCUT2D eigenvalue weighted by atomic mass is 16.5. The minimum Gasteiger partial charge on any atom is -0.383 e. The van der Waals surface area contributed by atoms with E-state index in [0.717, 1.165) is 0 Å². The molecular formula is C11H20N2O2. The smallest absolute Gasteiger partial charge is 0.240 e. The lowest BCUT2D eigenvalue weighted by Crippen LogP contribution is -2.44. The summed E-state index contributed by atoms with van der Waals surface area (Å²) in [5.74, 6) is -0.0909. The highest BCUT2D eigenvalue weighted by Gasteiger charge is 2.18. The molecular weight excluding hydrogens is 192 g/mol. The van der Waals surface area contributed by atoms with Crippen molar-refractivity contribution >= 4 is 5.91 Å². The van der Waals surface area contributed by atoms with Crippen LogP contribution in [-0.4, -0.2) is 43.7 Å². The highest BCUT2D eigenvalue weighted by molar-refractivity contribution is 5.81. The van der Waals surface area contributed by atoms with Crippen LogP contribution in [0.3, 0.4) is 0 Å². The van der Waals surface area contributed by atoms with Gasteiger partial charge in [-0.15, -0.1) is 13.2 Å². The third-order valence-electron chi connectivity index (χ3n) is 1.96. The van der Waals surface area contributed by atoms with Crippen molar-refractivity contribution in [2.24, 2.45) is 5.73 Å². The third-order valence-corrected chi connectivity index (χ3v) is 1.96. The van der Waals surface area contributed by atoms with Gasteiger partial charge in [0.1, 0.15) is 0 Å². The summed E-state index contributed by atoms with van der Waals surface area (Å²) in [6.45, 7) is 8.68. The zero-order valence-electron chi connectivity index (χ0n) is 9.32. The summed E-state index contributed by atoms with van der Waals surface area (Å²) in [5.41, 5.74) is 5.69. The maximum atomic E-state index is 11.8. The molecule has 1 atom stereocenters. The molecule has 1 unspecified atom stereocenters. The van der Waals surface area contributed by atoms with Gasteiger partial charge in [0.2, 0.25) is 5.91 Å². The van der Waals surface area contributed by atoms with Gasteiger partial charge in [0, 0.05) is 20.2 Å². The number of carbonyl (C=O) groups is 1. The van der Waals surface area contributed by atoms with Gasteiger partial charge in [0.05, 0.1) is 12.6 Å². The maximum absolute atomic E-state index is 11.8. The fourth-order valence-electron chi connectivity index (χ4n) is 1.16. The maximum Gasteiger partial charge on any atom is 0.240 e. The third kappa shape index (κ3) is 5.34. The molecule has 0 aromatic carbocycles. The van der Waals surface area contributed by atoms with Crippen molar-refractivity contribution in [3.8, 4) is 0 Å². The van der Waals surface area contributed by atoms with Crippen LogP contribution in [-0.2, 0) is 9.53 Å². The van der Waals surface area contributed by atoms with Crippen molar-refractivity contribution in [1.29, 1.82) is 0 Å². The first kappa shape index (κ1) is 13.9. The molecule has 0 saturated heterocycles. The van der Waals surface area contributed by atoms with Gasteiger partial charge < -0.3 is 15.4 Å². The van der Waals surface area contributed by atoms with Crippen LogP contribution in [0.15, 0.2) is 25.3 Å². The summed E-state index contributed by atoms with van der Waals surface area (Å²) >= 11 is 0. The normalized spacial score (nSPS) is 11.9. The van der Waals surface area contributed by atoms with Crippen LogP contribution in [0.25, 0.3) is 0 Å². The van der Waals surface area contributed by atoms with Crippen molar-refractivity contribution in [3.63, 3.8) is 0 Å². The molecule has 0 aliphatic carbocycles. The van der Waals surface area contributed by atoms with Crippen LogP contribution in [0.1, 0.15) is 6.42 Å². The molecule has 0 aromatic rings. The Hall–Kier alpha value is -1.13. The highest BCUT2D eigenvalue weighted by Crippen LogP contribution is 1.98. The molecule has 0 rings (SSSR count). The largest absolute Gasteiger partial charge is 0.383 e. The fraction of sp³-hybridized carbons (Fsp3) is 0.545. The lowest BCUT2D eigenvalue weighted by Gasteiger charge is -2.23. The molecule has 0 aromatic heterocycles. The van der Waals surface area contributed by atoms with Crippen molar-refractivity contribution in [1.82, 2.24) is 4.90 Å². The zero-order chi connectivity index (χ0) is 11.7. The first-order valence-electron chi connectivity index (χ1n) is 4.92. The Bertz CT molecular complexity index is 217. The lowest BCUT2D eigenvalue weighted by atomic mass is 10.2. The van der Waals surface area contributed by atoms with E-state index in [-0.39, 0.29) is 5.91 Å². The summed E-state index contributed by atoms with van der Waals surface area (Å²) in [4.78, 5) is 13.4. The zero-order valence-corrected chi connectivity index (χ0v) is 9.32. The average Bonchev–Trinajstić information content (AvgIpc) is 2.23. The Labute approximate surface area is 91.4 Å². The monoisotopic (exact) mass is 212 g/mol. The molecule has 15 heavy (non-hydrogen) atoms. The Morgan fingerprint density at radius 1 is 1.53 bits per heavy atom. The van der Waals surface area contributed by atoms with Gasteiger partial charge in [-0.1, -0.05) is 12.2 Å². The molecule has 4 nitrogen and oxygen atoms in total. The van der Waals surface area contributed by atoms with Crippen molar-refractivity contribution < 1.29 is 9.53 Å². The molecule has 0 bridgehead atoms. The number of nitrogens with two attached hydrogens (primary N) is 1. The molecule has 0 spiro atoms. The molecule has 0 heterocycles. The van der Waals surface area contributed by atoms with Gasteiger partial charge in [-0.05, 0) is 6.42 Å². The van der Waals surface area contributed by atoms with Crippen LogP contribution in [0, 0.1) is 0 Å². The van der Waals surface area contributed by atoms with Crippen molar-refractivity contribution in [2.75, 3.05) is 26.8 Å². The summed E-state index contributed by atoms with van der Waals surface area (Å²) < 4.78 is 4.92. The quantitative estimate of drug-likeness (QED) is 0.598. The van der Waals surface area contributed by atoms with E-state index < -0.39 is 6.04 Å². The molecule has 4 heteroatoms. The van der Waals surface area contributed by atoms with Crippen LogP contribution >= 0.6 is 0 Å². The predicted molar refractivity (Wildman–Crippen MR) is 61.4 cm³/mol. The number of methoxy groups -OCH3 is 1. The number of nitrogens with zero attached hydrogens (tertiary/aromatic N) is 1. The second-order valence-corrected chi connectivity index (χ2v) is 3.20. The van der Waals surface area contributed by atoms with Gasteiger partial charge in [0.15, 0.2) is 0 Å². The number of carbonyl (C=O) groups excluding carboxylic acids is 1. The summed E-state index contributed by atoms with van der Waals surface area (Å²) in [7, 11) is 1.60. The molecule has 86 valence electrons. The van der Waals surface area contributed by atoms with E-state index in [0.29, 0.717) is 26.1 Å². The van der Waals surface area contributed by atoms with Crippen LogP contribution < -0.4 is 5.73 Å². The average molecular weight is 212 g/mol. The fourth-order valence-corrected chi connectivity index (χ4v) is 1.16. The van der Waals surface area contributed by atoms with Crippen LogP contribution in [0.4, 0.5) is 0 Å². The topological polar surface area (TPSA) is 55.6 Å². The number of hydrogen-bond donors (Lipinski definition) is 1. The SMILES string of the molecule is C=CCC(N)C(=O)N(CC=C)CCOC. The van der Waals surface area contributed by atoms with Crippen molar-refractivity contribution in [3.05, 3.63) is 25.3 Å². The van der Waals surface area contributed by atoms with Crippen molar-refractivity contribution in [2.45, 2.75) is 12.5 Å². The second kappa shape index (κ2) is 8.20. The molecule has 0 radical (unpaired) electrons. The number of rotatable bonds is 8. The minimum atomic E-state index is -0.515. The van der Waals surface area contributed by atoms with E-state index in [2.05, 4.69) is 13.2 Å². The first-order chi connectivity index (χ1) is 7.17. The lowest BCUT2D eigenvalue weighted by molar-refractivity contribution is -0.132. The minimum absolute atomic E-state index is 0.0909. The Kier molecular flexibility index (Phi) is 7.58. The number of amides is 1. The van der Waals surface area contributed by atoms with Gasteiger partial charge in [-0.25, -0.2) is 0 Å². The number of hydrogen-bond acceptors (Lipinski definition) is 3. The van der Waals surface area contributed by atoms with E-state index in [4.69, 9.17) is 10.5 Å². The summed E-state index contributed by atoms with van der Waals surface area (Å²) in [6, 6.07) is -0.515. The summed E-state index contributed by atoms with van der Waals surface area (Å²) in [6.07, 6.45) is 3.80. The Morgan fingerprint density at radius 3 is 2.67 bits per heavy atom. The Morgan fingerprint density at radius 2 is 2.20 bits per heavy atom. The molecule has 0 saturated carbocycles. The van der Waals surface area contributed by atoms with Gasteiger partial charge >= 0.3 is 0 Å².